The zero-order valence-electron chi connectivity index (χ0n) is 19.2. The molecule has 0 spiro atoms. The predicted molar refractivity (Wildman–Crippen MR) is 132 cm³/mol. The molecule has 2 aromatic rings. The fourth-order valence-corrected chi connectivity index (χ4v) is 4.15. The van der Waals surface area contributed by atoms with E-state index in [1.54, 1.807) is 42.5 Å². The van der Waals surface area contributed by atoms with Crippen molar-refractivity contribution >= 4 is 33.4 Å². The van der Waals surface area contributed by atoms with Crippen LogP contribution in [-0.2, 0) is 9.59 Å². The highest BCUT2D eigenvalue weighted by molar-refractivity contribution is 9.10. The topological polar surface area (TPSA) is 99.5 Å². The summed E-state index contributed by atoms with van der Waals surface area (Å²) >= 11 is 3.30. The van der Waals surface area contributed by atoms with E-state index < -0.39 is 17.7 Å². The van der Waals surface area contributed by atoms with Gasteiger partial charge in [-0.2, -0.15) is 0 Å². The van der Waals surface area contributed by atoms with E-state index in [4.69, 9.17) is 9.47 Å². The number of amides is 1. The van der Waals surface area contributed by atoms with Crippen LogP contribution in [0.2, 0.25) is 0 Å². The van der Waals surface area contributed by atoms with Crippen LogP contribution in [0.5, 0.6) is 17.2 Å². The van der Waals surface area contributed by atoms with Crippen molar-refractivity contribution in [2.45, 2.75) is 6.04 Å². The van der Waals surface area contributed by atoms with Gasteiger partial charge in [0.05, 0.1) is 23.2 Å². The quantitative estimate of drug-likeness (QED) is 0.220. The van der Waals surface area contributed by atoms with Gasteiger partial charge in [0.2, 0.25) is 0 Å². The third-order valence-electron chi connectivity index (χ3n) is 5.41. The third kappa shape index (κ3) is 5.10. The SMILES string of the molecule is C=CCOc1ccc(/C(O)=C2/C(=O)C(=O)N(CCN(C)C)C2c2cc(Br)c(O)c(OC)c2)cc1. The molecule has 2 aromatic carbocycles. The Kier molecular flexibility index (Phi) is 8.01. The fourth-order valence-electron chi connectivity index (χ4n) is 3.69. The number of carbonyl (C=O) groups excluding carboxylic acids is 2. The van der Waals surface area contributed by atoms with Crippen molar-refractivity contribution in [2.75, 3.05) is 40.9 Å². The molecule has 2 N–H and O–H groups in total. The molecule has 1 amide bonds. The maximum Gasteiger partial charge on any atom is 0.295 e. The lowest BCUT2D eigenvalue weighted by atomic mass is 9.95. The molecule has 1 saturated heterocycles. The van der Waals surface area contributed by atoms with Crippen LogP contribution in [0, 0.1) is 0 Å². The summed E-state index contributed by atoms with van der Waals surface area (Å²) in [5.41, 5.74) is 0.835. The minimum absolute atomic E-state index is 0.0387. The molecule has 1 aliphatic rings. The van der Waals surface area contributed by atoms with Crippen LogP contribution in [-0.4, -0.2) is 72.6 Å². The number of aromatic hydroxyl groups is 1. The summed E-state index contributed by atoms with van der Waals surface area (Å²) in [6.07, 6.45) is 1.62. The van der Waals surface area contributed by atoms with Gasteiger partial charge in [-0.15, -0.1) is 0 Å². The number of aliphatic hydroxyl groups is 1. The molecule has 0 radical (unpaired) electrons. The molecule has 9 heteroatoms. The van der Waals surface area contributed by atoms with E-state index in [1.165, 1.54) is 12.0 Å². The van der Waals surface area contributed by atoms with Gasteiger partial charge in [0.1, 0.15) is 18.1 Å². The molecule has 0 bridgehead atoms. The monoisotopic (exact) mass is 530 g/mol. The van der Waals surface area contributed by atoms with Crippen molar-refractivity contribution in [3.63, 3.8) is 0 Å². The van der Waals surface area contributed by atoms with Gasteiger partial charge in [0.15, 0.2) is 11.5 Å². The van der Waals surface area contributed by atoms with Gasteiger partial charge in [-0.1, -0.05) is 12.7 Å². The predicted octanol–water partition coefficient (Wildman–Crippen LogP) is 3.71. The second-order valence-corrected chi connectivity index (χ2v) is 8.83. The average Bonchev–Trinajstić information content (AvgIpc) is 3.07. The number of nitrogens with zero attached hydrogens (tertiary/aromatic N) is 2. The number of benzene rings is 2. The number of halogens is 1. The van der Waals surface area contributed by atoms with E-state index in [2.05, 4.69) is 22.5 Å². The normalized spacial score (nSPS) is 17.3. The van der Waals surface area contributed by atoms with Gasteiger partial charge in [0.25, 0.3) is 11.7 Å². The number of Topliss-reactive ketones (excluding diaryl/α,β-unsaturated/α-hetero) is 1. The largest absolute Gasteiger partial charge is 0.507 e. The summed E-state index contributed by atoms with van der Waals surface area (Å²) in [4.78, 5) is 29.5. The maximum atomic E-state index is 13.1. The van der Waals surface area contributed by atoms with Gasteiger partial charge in [-0.05, 0) is 72.0 Å². The molecule has 1 aliphatic heterocycles. The van der Waals surface area contributed by atoms with Crippen molar-refractivity contribution in [1.82, 2.24) is 9.80 Å². The smallest absolute Gasteiger partial charge is 0.295 e. The van der Waals surface area contributed by atoms with Crippen molar-refractivity contribution in [1.29, 1.82) is 0 Å². The van der Waals surface area contributed by atoms with E-state index in [0.717, 1.165) is 0 Å². The minimum atomic E-state index is -0.873. The Hall–Kier alpha value is -3.30. The van der Waals surface area contributed by atoms with E-state index in [-0.39, 0.29) is 29.4 Å². The Morgan fingerprint density at radius 2 is 1.91 bits per heavy atom. The summed E-state index contributed by atoms with van der Waals surface area (Å²) in [7, 11) is 5.13. The highest BCUT2D eigenvalue weighted by atomic mass is 79.9. The Balaban J connectivity index is 2.14. The number of ketones is 1. The Morgan fingerprint density at radius 1 is 1.24 bits per heavy atom. The summed E-state index contributed by atoms with van der Waals surface area (Å²) in [6.45, 7) is 4.71. The first-order valence-corrected chi connectivity index (χ1v) is 11.3. The van der Waals surface area contributed by atoms with Crippen LogP contribution < -0.4 is 9.47 Å². The Bertz CT molecular complexity index is 1130. The van der Waals surface area contributed by atoms with Gasteiger partial charge in [-0.25, -0.2) is 0 Å². The first-order chi connectivity index (χ1) is 16.2. The third-order valence-corrected chi connectivity index (χ3v) is 6.01. The van der Waals surface area contributed by atoms with Crippen molar-refractivity contribution < 1.29 is 29.3 Å². The molecule has 0 saturated carbocycles. The van der Waals surface area contributed by atoms with E-state index in [9.17, 15) is 19.8 Å². The van der Waals surface area contributed by atoms with E-state index in [1.807, 2.05) is 19.0 Å². The number of ether oxygens (including phenoxy) is 2. The van der Waals surface area contributed by atoms with Crippen LogP contribution in [0.1, 0.15) is 17.2 Å². The second-order valence-electron chi connectivity index (χ2n) is 7.97. The number of likely N-dealkylation sites (tertiary alicyclic amines) is 1. The van der Waals surface area contributed by atoms with Crippen LogP contribution in [0.3, 0.4) is 0 Å². The molecule has 8 nitrogen and oxygen atoms in total. The number of hydrogen-bond acceptors (Lipinski definition) is 7. The number of methoxy groups -OCH3 is 1. The molecule has 0 aliphatic carbocycles. The fraction of sp³-hybridized carbons (Fsp3) is 0.280. The number of rotatable bonds is 9. The van der Waals surface area contributed by atoms with Gasteiger partial charge >= 0.3 is 0 Å². The number of hydrogen-bond donors (Lipinski definition) is 2. The van der Waals surface area contributed by atoms with Gasteiger partial charge < -0.3 is 29.5 Å². The van der Waals surface area contributed by atoms with Crippen LogP contribution in [0.15, 0.2) is 59.1 Å². The number of carbonyl (C=O) groups is 2. The molecule has 0 aromatic heterocycles. The lowest BCUT2D eigenvalue weighted by molar-refractivity contribution is -0.140. The second kappa shape index (κ2) is 10.8. The standard InChI is InChI=1S/C25H27BrN2O6/c1-5-12-34-17-8-6-15(7-9-17)22(29)20-21(16-13-18(26)23(30)19(14-16)33-4)28(11-10-27(2)3)25(32)24(20)31/h5-9,13-14,21,29-30H,1,10-12H2,2-4H3/b22-20-. The summed E-state index contributed by atoms with van der Waals surface area (Å²) in [6, 6.07) is 8.85. The lowest BCUT2D eigenvalue weighted by Crippen LogP contribution is -2.35. The van der Waals surface area contributed by atoms with Crippen LogP contribution >= 0.6 is 15.9 Å². The number of phenolic OH excluding ortho intramolecular Hbond substituents is 1. The molecule has 3 rings (SSSR count). The van der Waals surface area contributed by atoms with E-state index in [0.29, 0.717) is 34.5 Å². The van der Waals surface area contributed by atoms with Gasteiger partial charge in [-0.3, -0.25) is 9.59 Å². The average molecular weight is 531 g/mol. The van der Waals surface area contributed by atoms with Crippen LogP contribution in [0.4, 0.5) is 0 Å². The maximum absolute atomic E-state index is 13.1. The lowest BCUT2D eigenvalue weighted by Gasteiger charge is -2.27. The molecule has 1 atom stereocenters. The van der Waals surface area contributed by atoms with Gasteiger partial charge in [0, 0.05) is 18.7 Å². The first kappa shape index (κ1) is 25.3. The molecule has 34 heavy (non-hydrogen) atoms. The first-order valence-electron chi connectivity index (χ1n) is 10.5. The van der Waals surface area contributed by atoms with E-state index >= 15 is 0 Å². The zero-order valence-corrected chi connectivity index (χ0v) is 20.8. The summed E-state index contributed by atoms with van der Waals surface area (Å²) in [5, 5.41) is 21.4. The van der Waals surface area contributed by atoms with Crippen molar-refractivity contribution in [2.24, 2.45) is 0 Å². The summed E-state index contributed by atoms with van der Waals surface area (Å²) < 4.78 is 11.1. The molecular weight excluding hydrogens is 504 g/mol. The zero-order chi connectivity index (χ0) is 25.0. The number of likely N-dealkylation sites (N-methyl/N-ethyl adjacent to an activating group) is 1. The molecule has 1 fully saturated rings. The highest BCUT2D eigenvalue weighted by Crippen LogP contribution is 2.44. The molecule has 180 valence electrons. The summed E-state index contributed by atoms with van der Waals surface area (Å²) in [5.74, 6) is -1.14. The number of phenols is 1. The van der Waals surface area contributed by atoms with Crippen LogP contribution in [0.25, 0.3) is 5.76 Å². The highest BCUT2D eigenvalue weighted by Gasteiger charge is 2.46. The van der Waals surface area contributed by atoms with Crippen molar-refractivity contribution in [3.05, 3.63) is 70.2 Å². The molecular formula is C25H27BrN2O6. The van der Waals surface area contributed by atoms with Crippen molar-refractivity contribution in [3.8, 4) is 17.2 Å². The minimum Gasteiger partial charge on any atom is -0.507 e. The Labute approximate surface area is 206 Å². The number of aliphatic hydroxyl groups excluding tert-OH is 1. The molecule has 1 heterocycles. The molecule has 1 unspecified atom stereocenters. The Morgan fingerprint density at radius 3 is 2.50 bits per heavy atom.